The Hall–Kier alpha value is -5.44. The third-order valence-electron chi connectivity index (χ3n) is 11.9. The van der Waals surface area contributed by atoms with Gasteiger partial charge in [-0.3, -0.25) is 0 Å². The number of benzene rings is 6. The smallest absolute Gasteiger partial charge is 0.135 e. The third-order valence-corrected chi connectivity index (χ3v) is 11.9. The molecule has 3 heterocycles. The van der Waals surface area contributed by atoms with E-state index in [1.165, 1.54) is 33.0 Å². The van der Waals surface area contributed by atoms with Gasteiger partial charge in [-0.2, -0.15) is 47.0 Å². The molecule has 0 saturated carbocycles. The van der Waals surface area contributed by atoms with E-state index in [9.17, 15) is 0 Å². The van der Waals surface area contributed by atoms with E-state index in [2.05, 4.69) is 228 Å². The number of hydrogen-bond acceptors (Lipinski definition) is 3. The average molecular weight is 951 g/mol. The molecule has 0 N–H and O–H groups in total. The molecule has 0 saturated heterocycles. The summed E-state index contributed by atoms with van der Waals surface area (Å²) >= 11 is 0. The van der Waals surface area contributed by atoms with Crippen molar-refractivity contribution in [1.29, 1.82) is 0 Å². The quantitative estimate of drug-likeness (QED) is 0.149. The fourth-order valence-corrected chi connectivity index (χ4v) is 8.33. The second-order valence-electron chi connectivity index (χ2n) is 18.3. The van der Waals surface area contributed by atoms with Crippen LogP contribution in [-0.2, 0) is 43.7 Å². The second-order valence-corrected chi connectivity index (χ2v) is 18.3. The number of fused-ring (bicyclic) bond motifs is 4. The summed E-state index contributed by atoms with van der Waals surface area (Å²) in [5, 5.41) is 2.36. The van der Waals surface area contributed by atoms with Gasteiger partial charge < -0.3 is 14.4 Å². The SMILES string of the molecule is CC(C)(C)c1ccc(N2[CH-]N(c3[c-]c(Cc4[c-]c5c(cc4)c4ccccc4n5-c4cc(C(C)(C)c5ccccc5)ccn4)cc(C(C)(C)C)c3)c3ccccc32)cc1.[Pt]. The molecule has 0 aliphatic carbocycles. The van der Waals surface area contributed by atoms with Crippen LogP contribution in [0.1, 0.15) is 88.8 Å². The minimum absolute atomic E-state index is 0. The predicted octanol–water partition coefficient (Wildman–Crippen LogP) is 13.7. The Morgan fingerprint density at radius 3 is 1.92 bits per heavy atom. The summed E-state index contributed by atoms with van der Waals surface area (Å²) in [7, 11) is 0. The van der Waals surface area contributed by atoms with Crippen molar-refractivity contribution in [2.75, 3.05) is 9.80 Å². The molecule has 0 radical (unpaired) electrons. The van der Waals surface area contributed by atoms with Crippen molar-refractivity contribution in [3.05, 3.63) is 198 Å². The Balaban J connectivity index is 0.00000484. The van der Waals surface area contributed by atoms with Crippen LogP contribution in [0.15, 0.2) is 146 Å². The molecule has 300 valence electrons. The Bertz CT molecular complexity index is 2780. The molecule has 9 rings (SSSR count). The molecule has 4 nitrogen and oxygen atoms in total. The monoisotopic (exact) mass is 950 g/mol. The largest absolute Gasteiger partial charge is 0.493 e. The normalized spacial score (nSPS) is 13.2. The molecule has 0 atom stereocenters. The summed E-state index contributed by atoms with van der Waals surface area (Å²) in [6, 6.07) is 58.3. The molecule has 1 aliphatic rings. The molecular formula is C54H51N4Pt-3. The zero-order chi connectivity index (χ0) is 40.4. The first-order chi connectivity index (χ1) is 27.8. The molecule has 6 aromatic carbocycles. The van der Waals surface area contributed by atoms with E-state index in [1.807, 2.05) is 6.20 Å². The van der Waals surface area contributed by atoms with E-state index in [4.69, 9.17) is 4.98 Å². The summed E-state index contributed by atoms with van der Waals surface area (Å²) in [4.78, 5) is 9.58. The summed E-state index contributed by atoms with van der Waals surface area (Å²) in [5.74, 6) is 0.894. The standard InChI is InChI=1S/C54H51N4.Pt/c1-52(2,3)39-23-25-43(26-24-39)56-36-57(49-21-15-14-20-48(49)56)44-32-38(31-42(34-44)53(4,5)6)30-37-22-27-46-45-18-12-13-19-47(45)58(50(46)33-37)51-35-41(28-29-55-51)54(7,8)40-16-10-9-11-17-40;/h9-29,31,34-36H,30H2,1-8H3;/q-3;. The number of rotatable bonds is 7. The van der Waals surface area contributed by atoms with Crippen LogP contribution in [-0.4, -0.2) is 9.55 Å². The van der Waals surface area contributed by atoms with E-state index in [0.29, 0.717) is 6.42 Å². The van der Waals surface area contributed by atoms with E-state index in [1.54, 1.807) is 0 Å². The van der Waals surface area contributed by atoms with Gasteiger partial charge in [0.2, 0.25) is 0 Å². The number of anilines is 4. The van der Waals surface area contributed by atoms with Crippen molar-refractivity contribution < 1.29 is 21.1 Å². The van der Waals surface area contributed by atoms with Gasteiger partial charge in [0.25, 0.3) is 0 Å². The summed E-state index contributed by atoms with van der Waals surface area (Å²) in [6.07, 6.45) is 2.64. The maximum absolute atomic E-state index is 4.98. The third kappa shape index (κ3) is 7.53. The van der Waals surface area contributed by atoms with Gasteiger partial charge in [0, 0.05) is 55.3 Å². The second kappa shape index (κ2) is 15.3. The fraction of sp³-hybridized carbons (Fsp3) is 0.222. The molecular weight excluding hydrogens is 900 g/mol. The minimum Gasteiger partial charge on any atom is -0.493 e. The van der Waals surface area contributed by atoms with Crippen LogP contribution in [0.25, 0.3) is 27.6 Å². The van der Waals surface area contributed by atoms with Gasteiger partial charge in [-0.25, -0.2) is 4.98 Å². The number of hydrogen-bond donors (Lipinski definition) is 0. The van der Waals surface area contributed by atoms with Crippen molar-refractivity contribution in [3.63, 3.8) is 0 Å². The van der Waals surface area contributed by atoms with Gasteiger partial charge in [0.1, 0.15) is 5.82 Å². The van der Waals surface area contributed by atoms with Crippen LogP contribution in [0.2, 0.25) is 0 Å². The summed E-state index contributed by atoms with van der Waals surface area (Å²) < 4.78 is 2.29. The van der Waals surface area contributed by atoms with E-state index >= 15 is 0 Å². The summed E-state index contributed by atoms with van der Waals surface area (Å²) in [6.45, 7) is 20.4. The van der Waals surface area contributed by atoms with E-state index < -0.39 is 0 Å². The van der Waals surface area contributed by atoms with Gasteiger partial charge in [-0.15, -0.1) is 23.8 Å². The molecule has 2 aromatic heterocycles. The van der Waals surface area contributed by atoms with Crippen LogP contribution in [0.4, 0.5) is 22.7 Å². The topological polar surface area (TPSA) is 24.3 Å². The van der Waals surface area contributed by atoms with Crippen LogP contribution in [0, 0.1) is 18.8 Å². The molecule has 0 bridgehead atoms. The van der Waals surface area contributed by atoms with E-state index in [-0.39, 0.29) is 37.3 Å². The zero-order valence-corrected chi connectivity index (χ0v) is 37.5. The molecule has 0 fully saturated rings. The Morgan fingerprint density at radius 2 is 1.20 bits per heavy atom. The van der Waals surface area contributed by atoms with Crippen LogP contribution in [0.3, 0.4) is 0 Å². The number of pyridine rings is 1. The molecule has 1 aliphatic heterocycles. The molecule has 59 heavy (non-hydrogen) atoms. The van der Waals surface area contributed by atoms with Gasteiger partial charge >= 0.3 is 0 Å². The van der Waals surface area contributed by atoms with Crippen LogP contribution in [0.5, 0.6) is 0 Å². The van der Waals surface area contributed by atoms with Crippen molar-refractivity contribution in [1.82, 2.24) is 9.55 Å². The van der Waals surface area contributed by atoms with Crippen molar-refractivity contribution in [2.24, 2.45) is 0 Å². The average Bonchev–Trinajstić information content (AvgIpc) is 3.77. The first-order valence-corrected chi connectivity index (χ1v) is 20.4. The summed E-state index contributed by atoms with van der Waals surface area (Å²) in [5.41, 5.74) is 13.8. The maximum atomic E-state index is 4.98. The van der Waals surface area contributed by atoms with Gasteiger partial charge in [0.15, 0.2) is 0 Å². The van der Waals surface area contributed by atoms with Crippen LogP contribution < -0.4 is 9.80 Å². The number of para-hydroxylation sites is 3. The van der Waals surface area contributed by atoms with Gasteiger partial charge in [0.05, 0.1) is 0 Å². The van der Waals surface area contributed by atoms with Gasteiger partial charge in [-0.1, -0.05) is 134 Å². The first-order valence-electron chi connectivity index (χ1n) is 20.4. The molecule has 8 aromatic rings. The van der Waals surface area contributed by atoms with E-state index in [0.717, 1.165) is 50.7 Å². The zero-order valence-electron chi connectivity index (χ0n) is 35.2. The first kappa shape index (κ1) is 40.3. The van der Waals surface area contributed by atoms with Gasteiger partial charge in [-0.05, 0) is 81.8 Å². The molecule has 0 amide bonds. The van der Waals surface area contributed by atoms with Crippen molar-refractivity contribution in [2.45, 2.75) is 78.1 Å². The van der Waals surface area contributed by atoms with Crippen molar-refractivity contribution in [3.8, 4) is 5.82 Å². The molecule has 0 spiro atoms. The van der Waals surface area contributed by atoms with Crippen LogP contribution >= 0.6 is 0 Å². The molecule has 0 unspecified atom stereocenters. The number of aromatic nitrogens is 2. The Morgan fingerprint density at radius 1 is 0.542 bits per heavy atom. The Labute approximate surface area is 364 Å². The van der Waals surface area contributed by atoms with Crippen molar-refractivity contribution >= 4 is 44.6 Å². The fourth-order valence-electron chi connectivity index (χ4n) is 8.33. The Kier molecular flexibility index (Phi) is 10.5. The minimum atomic E-state index is -0.195. The number of nitrogens with zero attached hydrogens (tertiary/aromatic N) is 4. The molecule has 5 heteroatoms. The predicted molar refractivity (Wildman–Crippen MR) is 243 cm³/mol. The maximum Gasteiger partial charge on any atom is 0.135 e.